The first-order valence-corrected chi connectivity index (χ1v) is 11.2. The zero-order valence-corrected chi connectivity index (χ0v) is 17.7. The fourth-order valence-electron chi connectivity index (χ4n) is 3.49. The number of aryl methyl sites for hydroxylation is 2. The molecule has 3 aromatic rings. The lowest BCUT2D eigenvalue weighted by atomic mass is 9.98. The molecule has 28 heavy (non-hydrogen) atoms. The second kappa shape index (κ2) is 8.45. The predicted octanol–water partition coefficient (Wildman–Crippen LogP) is 5.33. The van der Waals surface area contributed by atoms with Gasteiger partial charge >= 0.3 is 0 Å². The molecule has 0 saturated carbocycles. The second-order valence-electron chi connectivity index (χ2n) is 7.16. The monoisotopic (exact) mass is 409 g/mol. The molecule has 0 bridgehead atoms. The first-order chi connectivity index (χ1) is 13.6. The van der Waals surface area contributed by atoms with Gasteiger partial charge in [-0.2, -0.15) is 0 Å². The van der Waals surface area contributed by atoms with Crippen LogP contribution in [0.15, 0.2) is 58.0 Å². The van der Waals surface area contributed by atoms with E-state index in [0.717, 1.165) is 40.9 Å². The van der Waals surface area contributed by atoms with Gasteiger partial charge in [0, 0.05) is 41.7 Å². The Kier molecular flexibility index (Phi) is 5.78. The smallest absolute Gasteiger partial charge is 0.256 e. The fraction of sp³-hybridized carbons (Fsp3) is 0.318. The number of likely N-dealkylation sites (tertiary alicyclic amines) is 1. The van der Waals surface area contributed by atoms with Crippen molar-refractivity contribution in [2.24, 2.45) is 0 Å². The number of rotatable bonds is 4. The number of pyridine rings is 1. The number of hydrogen-bond acceptors (Lipinski definition) is 5. The molecule has 2 aromatic heterocycles. The van der Waals surface area contributed by atoms with Gasteiger partial charge in [0.2, 0.25) is 0 Å². The number of thiazole rings is 1. The van der Waals surface area contributed by atoms with Gasteiger partial charge in [0.05, 0.1) is 10.6 Å². The van der Waals surface area contributed by atoms with Crippen LogP contribution in [0, 0.1) is 13.8 Å². The average Bonchev–Trinajstić information content (AvgIpc) is 3.26. The summed E-state index contributed by atoms with van der Waals surface area (Å²) in [5.74, 6) is 0.408. The number of amides is 1. The van der Waals surface area contributed by atoms with E-state index in [1.165, 1.54) is 11.1 Å². The SMILES string of the molecule is Cc1ccc(Sc2ncccc2C(=O)N2CCCC(c3nccs3)C2)cc1C. The molecule has 1 amide bonds. The highest BCUT2D eigenvalue weighted by atomic mass is 32.2. The molecule has 4 nitrogen and oxygen atoms in total. The van der Waals surface area contributed by atoms with E-state index < -0.39 is 0 Å². The molecule has 1 aliphatic heterocycles. The molecule has 1 aromatic carbocycles. The lowest BCUT2D eigenvalue weighted by Crippen LogP contribution is -2.39. The molecule has 0 N–H and O–H groups in total. The number of hydrogen-bond donors (Lipinski definition) is 0. The van der Waals surface area contributed by atoms with Gasteiger partial charge in [0.15, 0.2) is 0 Å². The molecule has 1 atom stereocenters. The summed E-state index contributed by atoms with van der Waals surface area (Å²) in [6.45, 7) is 5.74. The average molecular weight is 410 g/mol. The largest absolute Gasteiger partial charge is 0.338 e. The number of piperidine rings is 1. The molecule has 144 valence electrons. The Balaban J connectivity index is 1.55. The Morgan fingerprint density at radius 2 is 2.07 bits per heavy atom. The summed E-state index contributed by atoms with van der Waals surface area (Å²) in [4.78, 5) is 25.4. The topological polar surface area (TPSA) is 46.1 Å². The lowest BCUT2D eigenvalue weighted by Gasteiger charge is -2.32. The predicted molar refractivity (Wildman–Crippen MR) is 114 cm³/mol. The maximum absolute atomic E-state index is 13.3. The normalized spacial score (nSPS) is 16.9. The maximum Gasteiger partial charge on any atom is 0.256 e. The van der Waals surface area contributed by atoms with Crippen molar-refractivity contribution in [2.45, 2.75) is 42.5 Å². The Labute approximate surface area is 174 Å². The molecule has 1 fully saturated rings. The van der Waals surface area contributed by atoms with E-state index in [1.54, 1.807) is 29.3 Å². The van der Waals surface area contributed by atoms with E-state index in [2.05, 4.69) is 42.0 Å². The number of carbonyl (C=O) groups is 1. The van der Waals surface area contributed by atoms with Crippen LogP contribution in [0.4, 0.5) is 0 Å². The summed E-state index contributed by atoms with van der Waals surface area (Å²) in [5.41, 5.74) is 3.20. The number of benzene rings is 1. The van der Waals surface area contributed by atoms with E-state index in [4.69, 9.17) is 0 Å². The summed E-state index contributed by atoms with van der Waals surface area (Å²) in [5, 5.41) is 3.91. The van der Waals surface area contributed by atoms with E-state index in [0.29, 0.717) is 11.5 Å². The van der Waals surface area contributed by atoms with E-state index in [1.807, 2.05) is 28.6 Å². The van der Waals surface area contributed by atoms with Crippen LogP contribution in [-0.2, 0) is 0 Å². The van der Waals surface area contributed by atoms with Gasteiger partial charge < -0.3 is 4.90 Å². The molecule has 4 rings (SSSR count). The second-order valence-corrected chi connectivity index (χ2v) is 9.15. The van der Waals surface area contributed by atoms with E-state index in [9.17, 15) is 4.79 Å². The minimum absolute atomic E-state index is 0.0701. The quantitative estimate of drug-likeness (QED) is 0.585. The zero-order valence-electron chi connectivity index (χ0n) is 16.1. The van der Waals surface area contributed by atoms with Gasteiger partial charge in [-0.25, -0.2) is 9.97 Å². The summed E-state index contributed by atoms with van der Waals surface area (Å²) >= 11 is 3.24. The molecule has 0 spiro atoms. The molecule has 6 heteroatoms. The Hall–Kier alpha value is -2.18. The highest BCUT2D eigenvalue weighted by molar-refractivity contribution is 7.99. The maximum atomic E-state index is 13.3. The Bertz CT molecular complexity index is 972. The van der Waals surface area contributed by atoms with Crippen molar-refractivity contribution < 1.29 is 4.79 Å². The van der Waals surface area contributed by atoms with Crippen molar-refractivity contribution in [3.05, 3.63) is 69.8 Å². The van der Waals surface area contributed by atoms with Crippen LogP contribution < -0.4 is 0 Å². The molecule has 3 heterocycles. The molecule has 1 unspecified atom stereocenters. The first-order valence-electron chi connectivity index (χ1n) is 9.50. The van der Waals surface area contributed by atoms with Crippen LogP contribution in [0.25, 0.3) is 0 Å². The highest BCUT2D eigenvalue weighted by Crippen LogP contribution is 2.33. The minimum Gasteiger partial charge on any atom is -0.338 e. The van der Waals surface area contributed by atoms with Crippen LogP contribution in [0.2, 0.25) is 0 Å². The highest BCUT2D eigenvalue weighted by Gasteiger charge is 2.28. The number of aromatic nitrogens is 2. The fourth-order valence-corrected chi connectivity index (χ4v) is 5.24. The van der Waals surface area contributed by atoms with Crippen molar-refractivity contribution in [1.82, 2.24) is 14.9 Å². The van der Waals surface area contributed by atoms with Crippen LogP contribution >= 0.6 is 23.1 Å². The summed E-state index contributed by atoms with van der Waals surface area (Å²) < 4.78 is 0. The van der Waals surface area contributed by atoms with Crippen LogP contribution in [-0.4, -0.2) is 33.9 Å². The van der Waals surface area contributed by atoms with Gasteiger partial charge in [-0.15, -0.1) is 11.3 Å². The van der Waals surface area contributed by atoms with Gasteiger partial charge in [-0.3, -0.25) is 4.79 Å². The molecule has 1 aliphatic rings. The van der Waals surface area contributed by atoms with Gasteiger partial charge in [-0.05, 0) is 62.1 Å². The lowest BCUT2D eigenvalue weighted by molar-refractivity contribution is 0.0702. The Morgan fingerprint density at radius 1 is 1.18 bits per heavy atom. The Morgan fingerprint density at radius 3 is 2.86 bits per heavy atom. The molecule has 0 radical (unpaired) electrons. The van der Waals surface area contributed by atoms with Gasteiger partial charge in [-0.1, -0.05) is 17.8 Å². The third kappa shape index (κ3) is 4.13. The number of nitrogens with zero attached hydrogens (tertiary/aromatic N) is 3. The summed E-state index contributed by atoms with van der Waals surface area (Å²) in [7, 11) is 0. The molecular formula is C22H23N3OS2. The zero-order chi connectivity index (χ0) is 19.5. The number of carbonyl (C=O) groups excluding carboxylic acids is 1. The summed E-state index contributed by atoms with van der Waals surface area (Å²) in [6.07, 6.45) is 5.71. The van der Waals surface area contributed by atoms with Gasteiger partial charge in [0.1, 0.15) is 5.03 Å². The van der Waals surface area contributed by atoms with Crippen molar-refractivity contribution in [1.29, 1.82) is 0 Å². The standard InChI is InChI=1S/C22H23N3OS2/c1-15-7-8-18(13-16(15)2)28-21-19(6-3-9-23-21)22(26)25-11-4-5-17(14-25)20-24-10-12-27-20/h3,6-10,12-13,17H,4-5,11,14H2,1-2H3. The third-order valence-corrected chi connectivity index (χ3v) is 7.15. The van der Waals surface area contributed by atoms with Gasteiger partial charge in [0.25, 0.3) is 5.91 Å². The summed E-state index contributed by atoms with van der Waals surface area (Å²) in [6, 6.07) is 10.1. The minimum atomic E-state index is 0.0701. The van der Waals surface area contributed by atoms with Crippen LogP contribution in [0.1, 0.15) is 45.3 Å². The molecule has 0 aliphatic carbocycles. The first kappa shape index (κ1) is 19.2. The molecular weight excluding hydrogens is 386 g/mol. The van der Waals surface area contributed by atoms with E-state index >= 15 is 0 Å². The van der Waals surface area contributed by atoms with Crippen LogP contribution in [0.5, 0.6) is 0 Å². The van der Waals surface area contributed by atoms with Crippen molar-refractivity contribution in [2.75, 3.05) is 13.1 Å². The molecule has 1 saturated heterocycles. The third-order valence-electron chi connectivity index (χ3n) is 5.20. The van der Waals surface area contributed by atoms with Crippen molar-refractivity contribution >= 4 is 29.0 Å². The van der Waals surface area contributed by atoms with Crippen molar-refractivity contribution in [3.63, 3.8) is 0 Å². The van der Waals surface area contributed by atoms with E-state index in [-0.39, 0.29) is 5.91 Å². The van der Waals surface area contributed by atoms with Crippen molar-refractivity contribution in [3.8, 4) is 0 Å². The van der Waals surface area contributed by atoms with Crippen LogP contribution in [0.3, 0.4) is 0 Å².